The van der Waals surface area contributed by atoms with E-state index in [1.807, 2.05) is 35.2 Å². The van der Waals surface area contributed by atoms with Crippen LogP contribution in [0, 0.1) is 10.1 Å². The number of nitro benzene ring substituents is 1. The van der Waals surface area contributed by atoms with Gasteiger partial charge in [-0.05, 0) is 42.2 Å². The van der Waals surface area contributed by atoms with Gasteiger partial charge in [-0.25, -0.2) is 0 Å². The molecule has 4 N–H and O–H groups in total. The Hall–Kier alpha value is -4.31. The summed E-state index contributed by atoms with van der Waals surface area (Å²) in [6.45, 7) is 2.79. The number of nitrogens with two attached hydrogens (primary N) is 1. The van der Waals surface area contributed by atoms with Crippen molar-refractivity contribution in [3.8, 4) is 0 Å². The van der Waals surface area contributed by atoms with Gasteiger partial charge in [0.05, 0.1) is 4.92 Å². The molecule has 0 aliphatic carbocycles. The third-order valence-corrected chi connectivity index (χ3v) is 7.08. The molecule has 2 atom stereocenters. The molecule has 0 spiro atoms. The second kappa shape index (κ2) is 11.4. The lowest BCUT2D eigenvalue weighted by Crippen LogP contribution is -2.68. The highest BCUT2D eigenvalue weighted by Gasteiger charge is 2.41. The molecule has 3 aromatic rings. The molecule has 1 heterocycles. The highest BCUT2D eigenvalue weighted by molar-refractivity contribution is 6.08. The third kappa shape index (κ3) is 5.81. The fraction of sp³-hybridized carbons (Fsp3) is 0.321. The average Bonchev–Trinajstić information content (AvgIpc) is 2.92. The Morgan fingerprint density at radius 2 is 1.66 bits per heavy atom. The molecule has 0 saturated carbocycles. The number of piperidine rings is 1. The number of carbonyl (C=O) groups excluding carboxylic acids is 3. The lowest BCUT2D eigenvalue weighted by Gasteiger charge is -2.42. The number of amides is 3. The van der Waals surface area contributed by atoms with Gasteiger partial charge in [-0.3, -0.25) is 29.4 Å². The van der Waals surface area contributed by atoms with Crippen LogP contribution in [0.15, 0.2) is 66.7 Å². The predicted octanol–water partition coefficient (Wildman–Crippen LogP) is 2.89. The molecular formula is C28H31N5O5. The van der Waals surface area contributed by atoms with Crippen molar-refractivity contribution in [1.82, 2.24) is 15.5 Å². The Morgan fingerprint density at radius 1 is 1.00 bits per heavy atom. The molecule has 0 radical (unpaired) electrons. The summed E-state index contributed by atoms with van der Waals surface area (Å²) in [7, 11) is 0. The molecule has 3 amide bonds. The normalized spacial score (nSPS) is 16.2. The number of benzene rings is 3. The topological polar surface area (TPSA) is 148 Å². The van der Waals surface area contributed by atoms with Crippen molar-refractivity contribution < 1.29 is 19.3 Å². The maximum atomic E-state index is 13.6. The van der Waals surface area contributed by atoms with Crippen molar-refractivity contribution in [2.24, 2.45) is 5.73 Å². The van der Waals surface area contributed by atoms with Gasteiger partial charge in [0.15, 0.2) is 5.66 Å². The summed E-state index contributed by atoms with van der Waals surface area (Å²) in [6.07, 6.45) is 2.84. The van der Waals surface area contributed by atoms with E-state index in [0.29, 0.717) is 24.2 Å². The van der Waals surface area contributed by atoms with Crippen LogP contribution < -0.4 is 16.4 Å². The summed E-state index contributed by atoms with van der Waals surface area (Å²) in [4.78, 5) is 52.0. The second-order valence-electron chi connectivity index (χ2n) is 9.65. The minimum atomic E-state index is -1.44. The molecule has 4 rings (SSSR count). The van der Waals surface area contributed by atoms with Crippen molar-refractivity contribution in [3.63, 3.8) is 0 Å². The van der Waals surface area contributed by atoms with Gasteiger partial charge in [0.2, 0.25) is 5.91 Å². The van der Waals surface area contributed by atoms with E-state index in [2.05, 4.69) is 10.6 Å². The number of nitrogens with one attached hydrogen (secondary N) is 2. The summed E-state index contributed by atoms with van der Waals surface area (Å²) >= 11 is 0. The lowest BCUT2D eigenvalue weighted by atomic mass is 10.00. The highest BCUT2D eigenvalue weighted by Crippen LogP contribution is 2.21. The van der Waals surface area contributed by atoms with Gasteiger partial charge >= 0.3 is 0 Å². The molecule has 1 aliphatic heterocycles. The molecule has 1 fully saturated rings. The number of nitrogens with zero attached hydrogens (tertiary/aromatic N) is 2. The molecule has 0 bridgehead atoms. The van der Waals surface area contributed by atoms with Crippen molar-refractivity contribution >= 4 is 34.2 Å². The second-order valence-corrected chi connectivity index (χ2v) is 9.65. The van der Waals surface area contributed by atoms with Gasteiger partial charge in [-0.15, -0.1) is 0 Å². The predicted molar refractivity (Wildman–Crippen MR) is 143 cm³/mol. The molecule has 1 unspecified atom stereocenters. The van der Waals surface area contributed by atoms with E-state index in [0.717, 1.165) is 30.0 Å². The maximum absolute atomic E-state index is 13.6. The molecular weight excluding hydrogens is 486 g/mol. The molecule has 10 heteroatoms. The van der Waals surface area contributed by atoms with Crippen molar-refractivity contribution in [1.29, 1.82) is 0 Å². The van der Waals surface area contributed by atoms with Gasteiger partial charge in [0, 0.05) is 37.2 Å². The largest absolute Gasteiger partial charge is 0.366 e. The van der Waals surface area contributed by atoms with Gasteiger partial charge in [-0.1, -0.05) is 55.0 Å². The van der Waals surface area contributed by atoms with Crippen LogP contribution in [0.2, 0.25) is 0 Å². The van der Waals surface area contributed by atoms with E-state index in [-0.39, 0.29) is 12.1 Å². The van der Waals surface area contributed by atoms with E-state index in [1.165, 1.54) is 12.1 Å². The zero-order chi connectivity index (χ0) is 27.3. The van der Waals surface area contributed by atoms with Gasteiger partial charge in [-0.2, -0.15) is 0 Å². The van der Waals surface area contributed by atoms with Gasteiger partial charge in [0.25, 0.3) is 17.5 Å². The highest BCUT2D eigenvalue weighted by atomic mass is 16.6. The number of carbonyl (C=O) groups is 3. The standard InChI is InChI=1S/C28H31N5O5/c1-28(27(29)36,32-16-5-2-6-17-32)31-26(35)24(18-19-12-14-21(15-13-19)33(37)38)30-25(34)23-11-7-9-20-8-3-4-10-22(20)23/h3-4,7-15,24H,2,5-6,16-18H2,1H3,(H2,29,36)(H,30,34)(H,31,35)/t24?,28-/m0/s1. The fourth-order valence-corrected chi connectivity index (χ4v) is 4.82. The number of rotatable bonds is 9. The monoisotopic (exact) mass is 517 g/mol. The fourth-order valence-electron chi connectivity index (χ4n) is 4.82. The van der Waals surface area contributed by atoms with Crippen LogP contribution in [0.1, 0.15) is 42.1 Å². The third-order valence-electron chi connectivity index (χ3n) is 7.08. The molecule has 0 aromatic heterocycles. The number of primary amides is 1. The van der Waals surface area contributed by atoms with Crippen molar-refractivity contribution in [2.75, 3.05) is 13.1 Å². The average molecular weight is 518 g/mol. The Balaban J connectivity index is 1.63. The maximum Gasteiger partial charge on any atom is 0.269 e. The first kappa shape index (κ1) is 26.7. The number of hydrogen-bond donors (Lipinski definition) is 3. The molecule has 198 valence electrons. The zero-order valence-electron chi connectivity index (χ0n) is 21.2. The van der Waals surface area contributed by atoms with Gasteiger partial charge < -0.3 is 16.4 Å². The first-order chi connectivity index (χ1) is 18.2. The van der Waals surface area contributed by atoms with E-state index in [1.54, 1.807) is 31.2 Å². The van der Waals surface area contributed by atoms with Crippen LogP contribution in [-0.4, -0.2) is 52.3 Å². The molecule has 1 aliphatic rings. The smallest absolute Gasteiger partial charge is 0.269 e. The number of fused-ring (bicyclic) bond motifs is 1. The molecule has 1 saturated heterocycles. The van der Waals surface area contributed by atoms with Crippen molar-refractivity contribution in [2.45, 2.75) is 44.3 Å². The van der Waals surface area contributed by atoms with E-state index >= 15 is 0 Å². The quantitative estimate of drug-likeness (QED) is 0.294. The van der Waals surface area contributed by atoms with Crippen LogP contribution in [0.3, 0.4) is 0 Å². The Bertz CT molecular complexity index is 1350. The lowest BCUT2D eigenvalue weighted by molar-refractivity contribution is -0.384. The summed E-state index contributed by atoms with van der Waals surface area (Å²) < 4.78 is 0. The van der Waals surface area contributed by atoms with E-state index in [4.69, 9.17) is 5.73 Å². The minimum absolute atomic E-state index is 0.0508. The summed E-state index contributed by atoms with van der Waals surface area (Å²) in [5.41, 5.74) is 5.24. The van der Waals surface area contributed by atoms with Crippen molar-refractivity contribution in [3.05, 3.63) is 88.0 Å². The summed E-state index contributed by atoms with van der Waals surface area (Å²) in [6, 6.07) is 17.5. The Labute approximate surface area is 220 Å². The number of non-ortho nitro benzene ring substituents is 1. The molecule has 38 heavy (non-hydrogen) atoms. The SMILES string of the molecule is C[C@@](NC(=O)C(Cc1ccc([N+](=O)[O-])cc1)NC(=O)c1cccc2ccccc12)(C(N)=O)N1CCCCC1. The van der Waals surface area contributed by atoms with Crippen LogP contribution in [0.4, 0.5) is 5.69 Å². The van der Waals surface area contributed by atoms with Crippen LogP contribution in [0.25, 0.3) is 10.8 Å². The summed E-state index contributed by atoms with van der Waals surface area (Å²) in [5.74, 6) is -1.73. The Kier molecular flexibility index (Phi) is 8.02. The van der Waals surface area contributed by atoms with Crippen LogP contribution in [0.5, 0.6) is 0 Å². The summed E-state index contributed by atoms with van der Waals surface area (Å²) in [5, 5.41) is 18.3. The zero-order valence-corrected chi connectivity index (χ0v) is 21.2. The first-order valence-electron chi connectivity index (χ1n) is 12.6. The molecule has 10 nitrogen and oxygen atoms in total. The van der Waals surface area contributed by atoms with Crippen LogP contribution >= 0.6 is 0 Å². The minimum Gasteiger partial charge on any atom is -0.366 e. The van der Waals surface area contributed by atoms with E-state index in [9.17, 15) is 24.5 Å². The van der Waals surface area contributed by atoms with E-state index < -0.39 is 34.3 Å². The molecule has 3 aromatic carbocycles. The number of nitro groups is 1. The Morgan fingerprint density at radius 3 is 2.32 bits per heavy atom. The first-order valence-corrected chi connectivity index (χ1v) is 12.6. The number of likely N-dealkylation sites (tertiary alicyclic amines) is 1. The van der Waals surface area contributed by atoms with Gasteiger partial charge in [0.1, 0.15) is 6.04 Å². The number of hydrogen-bond acceptors (Lipinski definition) is 6. The van der Waals surface area contributed by atoms with Crippen LogP contribution in [-0.2, 0) is 16.0 Å².